The molecule has 0 aliphatic carbocycles. The Morgan fingerprint density at radius 3 is 2.23 bits per heavy atom. The SMILES string of the molecule is O=C(O)CNC(=O)c1ccc(NC(=O)CSC(F)(F)F)cc1. The summed E-state index contributed by atoms with van der Waals surface area (Å²) in [5, 5.41) is 12.8. The number of anilines is 1. The molecule has 10 heteroatoms. The number of carbonyl (C=O) groups excluding carboxylic acids is 2. The fourth-order valence-electron chi connectivity index (χ4n) is 1.31. The van der Waals surface area contributed by atoms with Gasteiger partial charge in [-0.3, -0.25) is 14.4 Å². The molecule has 0 aliphatic heterocycles. The minimum Gasteiger partial charge on any atom is -0.480 e. The van der Waals surface area contributed by atoms with Gasteiger partial charge >= 0.3 is 11.5 Å². The van der Waals surface area contributed by atoms with Gasteiger partial charge in [0.15, 0.2) is 0 Å². The van der Waals surface area contributed by atoms with Crippen LogP contribution in [0, 0.1) is 0 Å². The van der Waals surface area contributed by atoms with Crippen LogP contribution in [0.15, 0.2) is 24.3 Å². The van der Waals surface area contributed by atoms with Crippen molar-refractivity contribution in [3.8, 4) is 0 Å². The number of amides is 2. The summed E-state index contributed by atoms with van der Waals surface area (Å²) < 4.78 is 35.8. The van der Waals surface area contributed by atoms with Gasteiger partial charge in [0.25, 0.3) is 5.91 Å². The number of aliphatic carboxylic acids is 1. The molecule has 0 unspecified atom stereocenters. The van der Waals surface area contributed by atoms with Crippen LogP contribution in [0.4, 0.5) is 18.9 Å². The zero-order valence-corrected chi connectivity index (χ0v) is 11.8. The quantitative estimate of drug-likeness (QED) is 0.735. The smallest absolute Gasteiger partial charge is 0.442 e. The second kappa shape index (κ2) is 7.69. The largest absolute Gasteiger partial charge is 0.480 e. The summed E-state index contributed by atoms with van der Waals surface area (Å²) in [5.74, 6) is -3.41. The number of carbonyl (C=O) groups is 3. The van der Waals surface area contributed by atoms with E-state index in [1.54, 1.807) is 0 Å². The van der Waals surface area contributed by atoms with Gasteiger partial charge in [-0.25, -0.2) is 0 Å². The van der Waals surface area contributed by atoms with Crippen molar-refractivity contribution >= 4 is 35.2 Å². The summed E-state index contributed by atoms with van der Waals surface area (Å²) in [6.45, 7) is -0.536. The molecule has 0 spiro atoms. The fraction of sp³-hybridized carbons (Fsp3) is 0.250. The molecular formula is C12H11F3N2O4S. The Hall–Kier alpha value is -2.23. The maximum Gasteiger partial charge on any atom is 0.442 e. The molecule has 2 amide bonds. The molecule has 120 valence electrons. The lowest BCUT2D eigenvalue weighted by Gasteiger charge is -2.08. The first-order valence-corrected chi connectivity index (χ1v) is 6.76. The van der Waals surface area contributed by atoms with E-state index in [-0.39, 0.29) is 11.3 Å². The number of benzene rings is 1. The number of thioether (sulfide) groups is 1. The second-order valence-electron chi connectivity index (χ2n) is 3.94. The van der Waals surface area contributed by atoms with Crippen LogP contribution < -0.4 is 10.6 Å². The van der Waals surface area contributed by atoms with Crippen LogP contribution in [0.2, 0.25) is 0 Å². The van der Waals surface area contributed by atoms with Gasteiger partial charge in [-0.05, 0) is 36.0 Å². The molecular weight excluding hydrogens is 325 g/mol. The monoisotopic (exact) mass is 336 g/mol. The first-order chi connectivity index (χ1) is 10.2. The first kappa shape index (κ1) is 17.8. The van der Waals surface area contributed by atoms with E-state index in [1.165, 1.54) is 24.3 Å². The van der Waals surface area contributed by atoms with Crippen molar-refractivity contribution in [1.29, 1.82) is 0 Å². The Bertz CT molecular complexity index is 560. The van der Waals surface area contributed by atoms with Crippen molar-refractivity contribution in [3.63, 3.8) is 0 Å². The van der Waals surface area contributed by atoms with Gasteiger partial charge in [-0.2, -0.15) is 13.2 Å². The average Bonchev–Trinajstić information content (AvgIpc) is 2.42. The van der Waals surface area contributed by atoms with Crippen LogP contribution >= 0.6 is 11.8 Å². The Balaban J connectivity index is 2.52. The van der Waals surface area contributed by atoms with Crippen molar-refractivity contribution in [2.45, 2.75) is 5.51 Å². The predicted octanol–water partition coefficient (Wildman–Crippen LogP) is 1.69. The van der Waals surface area contributed by atoms with Gasteiger partial charge in [-0.1, -0.05) is 0 Å². The summed E-state index contributed by atoms with van der Waals surface area (Å²) in [6.07, 6.45) is 0. The Morgan fingerprint density at radius 1 is 1.14 bits per heavy atom. The average molecular weight is 336 g/mol. The lowest BCUT2D eigenvalue weighted by Crippen LogP contribution is -2.29. The van der Waals surface area contributed by atoms with E-state index in [2.05, 4.69) is 10.6 Å². The van der Waals surface area contributed by atoms with Gasteiger partial charge in [0.1, 0.15) is 6.54 Å². The molecule has 0 atom stereocenters. The number of rotatable bonds is 6. The molecule has 0 aromatic heterocycles. The Kier molecular flexibility index (Phi) is 6.23. The van der Waals surface area contributed by atoms with E-state index in [1.807, 2.05) is 0 Å². The van der Waals surface area contributed by atoms with Crippen molar-refractivity contribution in [3.05, 3.63) is 29.8 Å². The van der Waals surface area contributed by atoms with Crippen molar-refractivity contribution in [2.75, 3.05) is 17.6 Å². The number of carboxylic acid groups (broad SMARTS) is 1. The molecule has 0 saturated heterocycles. The van der Waals surface area contributed by atoms with E-state index >= 15 is 0 Å². The summed E-state index contributed by atoms with van der Waals surface area (Å²) in [7, 11) is 0. The summed E-state index contributed by atoms with van der Waals surface area (Å²) in [5.41, 5.74) is -4.10. The molecule has 0 saturated carbocycles. The van der Waals surface area contributed by atoms with Gasteiger partial charge < -0.3 is 15.7 Å². The lowest BCUT2D eigenvalue weighted by molar-refractivity contribution is -0.135. The minimum atomic E-state index is -4.48. The number of halogens is 3. The van der Waals surface area contributed by atoms with Gasteiger partial charge in [0.2, 0.25) is 5.91 Å². The zero-order chi connectivity index (χ0) is 16.8. The second-order valence-corrected chi connectivity index (χ2v) is 4.98. The number of alkyl halides is 3. The molecule has 3 N–H and O–H groups in total. The van der Waals surface area contributed by atoms with E-state index in [0.717, 1.165) is 0 Å². The molecule has 0 radical (unpaired) electrons. The first-order valence-electron chi connectivity index (χ1n) is 5.78. The number of hydrogen-bond donors (Lipinski definition) is 3. The zero-order valence-electron chi connectivity index (χ0n) is 10.9. The third-order valence-corrected chi connectivity index (χ3v) is 2.93. The molecule has 1 aromatic rings. The Morgan fingerprint density at radius 2 is 1.73 bits per heavy atom. The summed E-state index contributed by atoms with van der Waals surface area (Å²) in [4.78, 5) is 33.1. The van der Waals surface area contributed by atoms with Crippen LogP contribution in [0.25, 0.3) is 0 Å². The van der Waals surface area contributed by atoms with Crippen LogP contribution in [0.3, 0.4) is 0 Å². The van der Waals surface area contributed by atoms with Crippen LogP contribution in [-0.2, 0) is 9.59 Å². The fourth-order valence-corrected chi connectivity index (χ4v) is 1.67. The highest BCUT2D eigenvalue weighted by Crippen LogP contribution is 2.29. The topological polar surface area (TPSA) is 95.5 Å². The maximum absolute atomic E-state index is 11.9. The normalized spacial score (nSPS) is 10.9. The summed E-state index contributed by atoms with van der Waals surface area (Å²) in [6, 6.07) is 5.27. The number of hydrogen-bond acceptors (Lipinski definition) is 4. The van der Waals surface area contributed by atoms with Crippen molar-refractivity contribution < 1.29 is 32.7 Å². The third kappa shape index (κ3) is 6.97. The van der Waals surface area contributed by atoms with E-state index in [4.69, 9.17) is 5.11 Å². The molecule has 0 bridgehead atoms. The van der Waals surface area contributed by atoms with Gasteiger partial charge in [-0.15, -0.1) is 0 Å². The molecule has 22 heavy (non-hydrogen) atoms. The number of carboxylic acids is 1. The minimum absolute atomic E-state index is 0.156. The maximum atomic E-state index is 11.9. The van der Waals surface area contributed by atoms with E-state index in [0.29, 0.717) is 0 Å². The van der Waals surface area contributed by atoms with Crippen LogP contribution in [0.5, 0.6) is 0 Å². The molecule has 6 nitrogen and oxygen atoms in total. The molecule has 1 aromatic carbocycles. The summed E-state index contributed by atoms with van der Waals surface area (Å²) >= 11 is -0.454. The van der Waals surface area contributed by atoms with E-state index < -0.39 is 47.4 Å². The number of nitrogens with one attached hydrogen (secondary N) is 2. The standard InChI is InChI=1S/C12H11F3N2O4S/c13-12(14,15)22-6-9(18)17-8-3-1-7(2-4-8)11(21)16-5-10(19)20/h1-4H,5-6H2,(H,16,21)(H,17,18)(H,19,20). The van der Waals surface area contributed by atoms with Crippen LogP contribution in [0.1, 0.15) is 10.4 Å². The van der Waals surface area contributed by atoms with Gasteiger partial charge in [0.05, 0.1) is 5.75 Å². The highest BCUT2D eigenvalue weighted by molar-refractivity contribution is 8.00. The molecule has 0 fully saturated rings. The molecule has 0 aliphatic rings. The highest BCUT2D eigenvalue weighted by atomic mass is 32.2. The predicted molar refractivity (Wildman–Crippen MR) is 73.6 cm³/mol. The van der Waals surface area contributed by atoms with Gasteiger partial charge in [0, 0.05) is 11.3 Å². The Labute approximate surface area is 127 Å². The lowest BCUT2D eigenvalue weighted by atomic mass is 10.2. The molecule has 1 rings (SSSR count). The third-order valence-electron chi connectivity index (χ3n) is 2.20. The van der Waals surface area contributed by atoms with E-state index in [9.17, 15) is 27.6 Å². The molecule has 0 heterocycles. The van der Waals surface area contributed by atoms with Crippen molar-refractivity contribution in [2.24, 2.45) is 0 Å². The highest BCUT2D eigenvalue weighted by Gasteiger charge is 2.29. The van der Waals surface area contributed by atoms with Crippen molar-refractivity contribution in [1.82, 2.24) is 5.32 Å². The van der Waals surface area contributed by atoms with Crippen LogP contribution in [-0.4, -0.2) is 40.7 Å².